The van der Waals surface area contributed by atoms with Gasteiger partial charge in [0.05, 0.1) is 25.0 Å². The quantitative estimate of drug-likeness (QED) is 0.395. The SMILES string of the molecule is COc1cc(-c2ccc(CCNC[C@@H](O)c3ccccc3)cc2)ccc1C(=O)NS(C)(=O)=O. The van der Waals surface area contributed by atoms with Gasteiger partial charge in [0.25, 0.3) is 5.91 Å². The summed E-state index contributed by atoms with van der Waals surface area (Å²) in [5.41, 5.74) is 3.98. The van der Waals surface area contributed by atoms with Crippen molar-refractivity contribution in [1.29, 1.82) is 0 Å². The maximum atomic E-state index is 12.2. The van der Waals surface area contributed by atoms with Gasteiger partial charge in [-0.15, -0.1) is 0 Å². The molecule has 0 aromatic heterocycles. The van der Waals surface area contributed by atoms with E-state index in [1.165, 1.54) is 7.11 Å². The molecule has 0 unspecified atom stereocenters. The number of carbonyl (C=O) groups is 1. The molecule has 0 aliphatic heterocycles. The van der Waals surface area contributed by atoms with Gasteiger partial charge in [0.1, 0.15) is 5.75 Å². The van der Waals surface area contributed by atoms with Crippen molar-refractivity contribution in [3.63, 3.8) is 0 Å². The average molecular weight is 469 g/mol. The van der Waals surface area contributed by atoms with Crippen LogP contribution in [0, 0.1) is 0 Å². The number of hydrogen-bond donors (Lipinski definition) is 3. The summed E-state index contributed by atoms with van der Waals surface area (Å²) < 4.78 is 29.9. The van der Waals surface area contributed by atoms with E-state index in [-0.39, 0.29) is 5.56 Å². The Labute approximate surface area is 194 Å². The van der Waals surface area contributed by atoms with E-state index in [0.717, 1.165) is 41.5 Å². The summed E-state index contributed by atoms with van der Waals surface area (Å²) in [5.74, 6) is -0.444. The monoisotopic (exact) mass is 468 g/mol. The van der Waals surface area contributed by atoms with Crippen LogP contribution in [0.4, 0.5) is 0 Å². The van der Waals surface area contributed by atoms with Crippen LogP contribution in [0.1, 0.15) is 27.6 Å². The van der Waals surface area contributed by atoms with Gasteiger partial charge < -0.3 is 15.2 Å². The molecule has 0 saturated carbocycles. The van der Waals surface area contributed by atoms with Gasteiger partial charge >= 0.3 is 0 Å². The second kappa shape index (κ2) is 11.1. The second-order valence-corrected chi connectivity index (χ2v) is 9.44. The molecular formula is C25H28N2O5S. The van der Waals surface area contributed by atoms with Crippen molar-refractivity contribution in [2.45, 2.75) is 12.5 Å². The summed E-state index contributed by atoms with van der Waals surface area (Å²) in [6, 6.07) is 22.6. The lowest BCUT2D eigenvalue weighted by molar-refractivity contribution is 0.0978. The predicted octanol–water partition coefficient (Wildman–Crippen LogP) is 2.92. The molecule has 0 bridgehead atoms. The molecule has 0 saturated heterocycles. The van der Waals surface area contributed by atoms with Crippen LogP contribution >= 0.6 is 0 Å². The first-order valence-corrected chi connectivity index (χ1v) is 12.4. The van der Waals surface area contributed by atoms with Crippen molar-refractivity contribution in [3.05, 3.63) is 89.5 Å². The minimum absolute atomic E-state index is 0.145. The average Bonchev–Trinajstić information content (AvgIpc) is 2.81. The molecule has 3 aromatic carbocycles. The van der Waals surface area contributed by atoms with Crippen LogP contribution in [0.5, 0.6) is 5.75 Å². The number of benzene rings is 3. The van der Waals surface area contributed by atoms with Crippen molar-refractivity contribution < 1.29 is 23.1 Å². The molecule has 174 valence electrons. The van der Waals surface area contributed by atoms with Gasteiger partial charge in [-0.3, -0.25) is 4.79 Å². The summed E-state index contributed by atoms with van der Waals surface area (Å²) in [5, 5.41) is 13.5. The van der Waals surface area contributed by atoms with Crippen LogP contribution in [0.2, 0.25) is 0 Å². The van der Waals surface area contributed by atoms with Gasteiger partial charge in [0.2, 0.25) is 10.0 Å². The van der Waals surface area contributed by atoms with Crippen LogP contribution in [0.15, 0.2) is 72.8 Å². The van der Waals surface area contributed by atoms with Gasteiger partial charge in [-0.05, 0) is 47.4 Å². The Balaban J connectivity index is 1.58. The van der Waals surface area contributed by atoms with E-state index < -0.39 is 22.0 Å². The maximum Gasteiger partial charge on any atom is 0.268 e. The largest absolute Gasteiger partial charge is 0.496 e. The van der Waals surface area contributed by atoms with Crippen LogP contribution in [-0.2, 0) is 16.4 Å². The molecule has 7 nitrogen and oxygen atoms in total. The lowest BCUT2D eigenvalue weighted by Crippen LogP contribution is -2.29. The molecule has 3 N–H and O–H groups in total. The van der Waals surface area contributed by atoms with Gasteiger partial charge in [-0.1, -0.05) is 60.7 Å². The van der Waals surface area contributed by atoms with Crippen molar-refractivity contribution in [2.75, 3.05) is 26.5 Å². The fraction of sp³-hybridized carbons (Fsp3) is 0.240. The molecule has 3 rings (SSSR count). The Hall–Kier alpha value is -3.20. The summed E-state index contributed by atoms with van der Waals surface area (Å²) >= 11 is 0. The lowest BCUT2D eigenvalue weighted by Gasteiger charge is -2.13. The van der Waals surface area contributed by atoms with Crippen LogP contribution in [0.25, 0.3) is 11.1 Å². The van der Waals surface area contributed by atoms with Crippen molar-refractivity contribution in [3.8, 4) is 16.9 Å². The zero-order valence-electron chi connectivity index (χ0n) is 18.6. The Morgan fingerprint density at radius 3 is 2.30 bits per heavy atom. The number of nitrogens with one attached hydrogen (secondary N) is 2. The summed E-state index contributed by atoms with van der Waals surface area (Å²) in [7, 11) is -2.23. The first-order valence-electron chi connectivity index (χ1n) is 10.5. The van der Waals surface area contributed by atoms with E-state index >= 15 is 0 Å². The van der Waals surface area contributed by atoms with E-state index in [0.29, 0.717) is 12.3 Å². The maximum absolute atomic E-state index is 12.2. The number of aliphatic hydroxyl groups is 1. The zero-order valence-corrected chi connectivity index (χ0v) is 19.4. The summed E-state index contributed by atoms with van der Waals surface area (Å²) in [6.07, 6.45) is 1.20. The minimum atomic E-state index is -3.67. The van der Waals surface area contributed by atoms with Gasteiger partial charge in [0.15, 0.2) is 0 Å². The second-order valence-electron chi connectivity index (χ2n) is 7.70. The van der Waals surface area contributed by atoms with E-state index in [4.69, 9.17) is 4.74 Å². The number of amides is 1. The van der Waals surface area contributed by atoms with Gasteiger partial charge in [-0.25, -0.2) is 13.1 Å². The number of carbonyl (C=O) groups excluding carboxylic acids is 1. The highest BCUT2D eigenvalue weighted by molar-refractivity contribution is 7.89. The highest BCUT2D eigenvalue weighted by atomic mass is 32.2. The van der Waals surface area contributed by atoms with Crippen molar-refractivity contribution in [2.24, 2.45) is 0 Å². The summed E-state index contributed by atoms with van der Waals surface area (Å²) in [6.45, 7) is 1.22. The molecule has 3 aromatic rings. The van der Waals surface area contributed by atoms with Gasteiger partial charge in [0, 0.05) is 6.54 Å². The minimum Gasteiger partial charge on any atom is -0.496 e. The highest BCUT2D eigenvalue weighted by Crippen LogP contribution is 2.28. The molecule has 0 heterocycles. The Kier molecular flexibility index (Phi) is 8.21. The van der Waals surface area contributed by atoms with Gasteiger partial charge in [-0.2, -0.15) is 0 Å². The predicted molar refractivity (Wildman–Crippen MR) is 129 cm³/mol. The number of aliphatic hydroxyl groups excluding tert-OH is 1. The number of hydrogen-bond acceptors (Lipinski definition) is 6. The first kappa shape index (κ1) is 24.4. The summed E-state index contributed by atoms with van der Waals surface area (Å²) in [4.78, 5) is 12.2. The number of methoxy groups -OCH3 is 1. The topological polar surface area (TPSA) is 105 Å². The molecule has 8 heteroatoms. The standard InChI is InChI=1S/C25H28N2O5S/c1-32-24-16-21(12-13-22(24)25(29)27-33(2,30)31)19-10-8-18(9-11-19)14-15-26-17-23(28)20-6-4-3-5-7-20/h3-13,16,23,26,28H,14-15,17H2,1-2H3,(H,27,29)/t23-/m1/s1. The molecule has 0 spiro atoms. The molecule has 0 fully saturated rings. The molecule has 0 radical (unpaired) electrons. The van der Waals surface area contributed by atoms with E-state index in [1.54, 1.807) is 18.2 Å². The molecule has 0 aliphatic rings. The van der Waals surface area contributed by atoms with E-state index in [1.807, 2.05) is 59.3 Å². The fourth-order valence-electron chi connectivity index (χ4n) is 3.41. The highest BCUT2D eigenvalue weighted by Gasteiger charge is 2.16. The zero-order chi connectivity index (χ0) is 23.8. The van der Waals surface area contributed by atoms with Crippen molar-refractivity contribution >= 4 is 15.9 Å². The van der Waals surface area contributed by atoms with Crippen LogP contribution in [-0.4, -0.2) is 45.9 Å². The smallest absolute Gasteiger partial charge is 0.268 e. The third-order valence-corrected chi connectivity index (χ3v) is 5.68. The lowest BCUT2D eigenvalue weighted by atomic mass is 10.0. The molecule has 1 atom stereocenters. The Morgan fingerprint density at radius 1 is 1.00 bits per heavy atom. The Morgan fingerprint density at radius 2 is 1.67 bits per heavy atom. The molecule has 1 amide bonds. The van der Waals surface area contributed by atoms with Crippen LogP contribution < -0.4 is 14.8 Å². The number of sulfonamides is 1. The molecular weight excluding hydrogens is 440 g/mol. The van der Waals surface area contributed by atoms with Crippen LogP contribution in [0.3, 0.4) is 0 Å². The molecule has 33 heavy (non-hydrogen) atoms. The molecule has 0 aliphatic carbocycles. The fourth-order valence-corrected chi connectivity index (χ4v) is 3.86. The van der Waals surface area contributed by atoms with Crippen molar-refractivity contribution in [1.82, 2.24) is 10.0 Å². The van der Waals surface area contributed by atoms with E-state index in [9.17, 15) is 18.3 Å². The van der Waals surface area contributed by atoms with E-state index in [2.05, 4.69) is 5.32 Å². The third kappa shape index (κ3) is 7.15. The third-order valence-electron chi connectivity index (χ3n) is 5.12. The first-order chi connectivity index (χ1) is 15.8. The number of rotatable bonds is 10. The normalized spacial score (nSPS) is 12.2. The number of ether oxygens (including phenoxy) is 1. The Bertz CT molecular complexity index is 1180.